The van der Waals surface area contributed by atoms with Gasteiger partial charge in [0.1, 0.15) is 11.3 Å². The van der Waals surface area contributed by atoms with Crippen LogP contribution in [0.5, 0.6) is 5.75 Å². The number of benzene rings is 2. The standard InChI is InChI=1S/C24H21Cl2N3O4/c25-16-3-8-19(9-4-16)31-13-22-28-29-24(33-22)14-1-6-18(7-2-14)27-23(30)21-12-15-11-17(26)5-10-20(15)32-21/h3-5,8-12,14,18H,1-2,6-7,13H2,(H,27,30). The summed E-state index contributed by atoms with van der Waals surface area (Å²) in [4.78, 5) is 12.6. The van der Waals surface area contributed by atoms with Gasteiger partial charge < -0.3 is 18.9 Å². The normalized spacial score (nSPS) is 18.4. The number of rotatable bonds is 6. The summed E-state index contributed by atoms with van der Waals surface area (Å²) in [6.07, 6.45) is 3.34. The SMILES string of the molecule is O=C(NC1CCC(c2nnc(COc3ccc(Cl)cc3)o2)CC1)c1cc2cc(Cl)ccc2o1. The third-order valence-corrected chi connectivity index (χ3v) is 6.26. The zero-order valence-corrected chi connectivity index (χ0v) is 19.1. The molecule has 0 bridgehead atoms. The van der Waals surface area contributed by atoms with Gasteiger partial charge >= 0.3 is 0 Å². The highest BCUT2D eigenvalue weighted by Crippen LogP contribution is 2.32. The fourth-order valence-electron chi connectivity index (χ4n) is 4.03. The van der Waals surface area contributed by atoms with Crippen LogP contribution >= 0.6 is 23.2 Å². The number of amides is 1. The molecule has 0 atom stereocenters. The molecule has 0 aliphatic heterocycles. The molecule has 0 unspecified atom stereocenters. The second-order valence-electron chi connectivity index (χ2n) is 8.09. The lowest BCUT2D eigenvalue weighted by molar-refractivity contribution is 0.0898. The monoisotopic (exact) mass is 485 g/mol. The Morgan fingerprint density at radius 3 is 2.52 bits per heavy atom. The minimum Gasteiger partial charge on any atom is -0.484 e. The Bertz CT molecular complexity index is 1260. The van der Waals surface area contributed by atoms with Crippen LogP contribution in [-0.4, -0.2) is 22.1 Å². The lowest BCUT2D eigenvalue weighted by atomic mass is 9.86. The number of halogens is 2. The molecule has 1 N–H and O–H groups in total. The smallest absolute Gasteiger partial charge is 0.287 e. The first-order valence-corrected chi connectivity index (χ1v) is 11.5. The Morgan fingerprint density at radius 1 is 0.970 bits per heavy atom. The predicted octanol–water partition coefficient (Wildman–Crippen LogP) is 6.16. The number of nitrogens with one attached hydrogen (secondary N) is 1. The average molecular weight is 486 g/mol. The number of nitrogens with zero attached hydrogens (tertiary/aromatic N) is 2. The van der Waals surface area contributed by atoms with Crippen LogP contribution in [0.1, 0.15) is 53.9 Å². The van der Waals surface area contributed by atoms with Crippen LogP contribution in [0, 0.1) is 0 Å². The van der Waals surface area contributed by atoms with Gasteiger partial charge in [0.2, 0.25) is 5.89 Å². The molecular formula is C24H21Cl2N3O4. The van der Waals surface area contributed by atoms with E-state index in [1.807, 2.05) is 0 Å². The molecule has 2 heterocycles. The first kappa shape index (κ1) is 21.8. The number of carbonyl (C=O) groups is 1. The van der Waals surface area contributed by atoms with Gasteiger partial charge in [-0.1, -0.05) is 23.2 Å². The first-order chi connectivity index (χ1) is 16.0. The van der Waals surface area contributed by atoms with Crippen molar-refractivity contribution in [3.8, 4) is 5.75 Å². The molecule has 0 saturated heterocycles. The van der Waals surface area contributed by atoms with Crippen molar-refractivity contribution in [2.75, 3.05) is 0 Å². The van der Waals surface area contributed by atoms with Gasteiger partial charge in [0.25, 0.3) is 11.8 Å². The number of aromatic nitrogens is 2. The minimum absolute atomic E-state index is 0.0705. The number of fused-ring (bicyclic) bond motifs is 1. The summed E-state index contributed by atoms with van der Waals surface area (Å²) >= 11 is 11.9. The van der Waals surface area contributed by atoms with E-state index in [2.05, 4.69) is 15.5 Å². The van der Waals surface area contributed by atoms with Crippen molar-refractivity contribution >= 4 is 40.1 Å². The summed E-state index contributed by atoms with van der Waals surface area (Å²) in [5, 5.41) is 13.4. The van der Waals surface area contributed by atoms with Gasteiger partial charge in [-0.2, -0.15) is 0 Å². The summed E-state index contributed by atoms with van der Waals surface area (Å²) < 4.78 is 17.1. The van der Waals surface area contributed by atoms with Crippen LogP contribution in [0.2, 0.25) is 10.0 Å². The summed E-state index contributed by atoms with van der Waals surface area (Å²) in [6, 6.07) is 14.2. The van der Waals surface area contributed by atoms with Crippen molar-refractivity contribution in [3.63, 3.8) is 0 Å². The molecule has 9 heteroatoms. The summed E-state index contributed by atoms with van der Waals surface area (Å²) in [7, 11) is 0. The van der Waals surface area contributed by atoms with Gasteiger partial charge in [-0.15, -0.1) is 10.2 Å². The fraction of sp³-hybridized carbons (Fsp3) is 0.292. The topological polar surface area (TPSA) is 90.4 Å². The number of furan rings is 1. The van der Waals surface area contributed by atoms with E-state index in [-0.39, 0.29) is 30.2 Å². The molecule has 1 amide bonds. The number of hydrogen-bond donors (Lipinski definition) is 1. The van der Waals surface area contributed by atoms with Crippen LogP contribution in [0.4, 0.5) is 0 Å². The highest BCUT2D eigenvalue weighted by atomic mass is 35.5. The van der Waals surface area contributed by atoms with Gasteiger partial charge in [-0.05, 0) is 74.2 Å². The Morgan fingerprint density at radius 2 is 1.73 bits per heavy atom. The van der Waals surface area contributed by atoms with Crippen molar-refractivity contribution in [2.24, 2.45) is 0 Å². The van der Waals surface area contributed by atoms with Crippen molar-refractivity contribution in [1.82, 2.24) is 15.5 Å². The Labute approximate surface area is 200 Å². The lowest BCUT2D eigenvalue weighted by Crippen LogP contribution is -2.37. The maximum Gasteiger partial charge on any atom is 0.287 e. The van der Waals surface area contributed by atoms with Gasteiger partial charge in [-0.3, -0.25) is 4.79 Å². The molecular weight excluding hydrogens is 465 g/mol. The maximum atomic E-state index is 12.6. The van der Waals surface area contributed by atoms with Crippen LogP contribution in [-0.2, 0) is 6.61 Å². The molecule has 1 aliphatic carbocycles. The molecule has 1 aliphatic rings. The zero-order valence-electron chi connectivity index (χ0n) is 17.6. The largest absolute Gasteiger partial charge is 0.484 e. The summed E-state index contributed by atoms with van der Waals surface area (Å²) in [5.74, 6) is 1.97. The third kappa shape index (κ3) is 5.15. The van der Waals surface area contributed by atoms with E-state index in [0.29, 0.717) is 33.2 Å². The maximum absolute atomic E-state index is 12.6. The molecule has 4 aromatic rings. The van der Waals surface area contributed by atoms with Crippen molar-refractivity contribution in [1.29, 1.82) is 0 Å². The van der Waals surface area contributed by atoms with Crippen LogP contribution < -0.4 is 10.1 Å². The Hall–Kier alpha value is -3.03. The van der Waals surface area contributed by atoms with Gasteiger partial charge in [0, 0.05) is 27.4 Å². The van der Waals surface area contributed by atoms with E-state index in [0.717, 1.165) is 31.1 Å². The third-order valence-electron chi connectivity index (χ3n) is 5.77. The molecule has 1 fully saturated rings. The summed E-state index contributed by atoms with van der Waals surface area (Å²) in [5.41, 5.74) is 0.639. The van der Waals surface area contributed by atoms with Crippen molar-refractivity contribution in [3.05, 3.63) is 76.1 Å². The molecule has 2 aromatic heterocycles. The molecule has 1 saturated carbocycles. The quantitative estimate of drug-likeness (QED) is 0.351. The van der Waals surface area contributed by atoms with Gasteiger partial charge in [0.05, 0.1) is 0 Å². The van der Waals surface area contributed by atoms with Crippen LogP contribution in [0.3, 0.4) is 0 Å². The fourth-order valence-corrected chi connectivity index (χ4v) is 4.34. The van der Waals surface area contributed by atoms with E-state index < -0.39 is 0 Å². The van der Waals surface area contributed by atoms with E-state index in [9.17, 15) is 4.79 Å². The second-order valence-corrected chi connectivity index (χ2v) is 8.96. The highest BCUT2D eigenvalue weighted by Gasteiger charge is 2.28. The average Bonchev–Trinajstić information content (AvgIpc) is 3.46. The van der Waals surface area contributed by atoms with Gasteiger partial charge in [-0.25, -0.2) is 0 Å². The molecule has 5 rings (SSSR count). The van der Waals surface area contributed by atoms with E-state index in [1.165, 1.54) is 0 Å². The molecule has 0 radical (unpaired) electrons. The van der Waals surface area contributed by atoms with Crippen molar-refractivity contribution < 1.29 is 18.4 Å². The van der Waals surface area contributed by atoms with E-state index >= 15 is 0 Å². The highest BCUT2D eigenvalue weighted by molar-refractivity contribution is 6.31. The molecule has 2 aromatic carbocycles. The summed E-state index contributed by atoms with van der Waals surface area (Å²) in [6.45, 7) is 0.197. The van der Waals surface area contributed by atoms with E-state index in [1.54, 1.807) is 48.5 Å². The second kappa shape index (κ2) is 9.45. The zero-order chi connectivity index (χ0) is 22.8. The minimum atomic E-state index is -0.217. The van der Waals surface area contributed by atoms with Crippen molar-refractivity contribution in [2.45, 2.75) is 44.2 Å². The molecule has 170 valence electrons. The predicted molar refractivity (Wildman–Crippen MR) is 124 cm³/mol. The Kier molecular flexibility index (Phi) is 6.24. The van der Waals surface area contributed by atoms with E-state index in [4.69, 9.17) is 36.8 Å². The van der Waals surface area contributed by atoms with Crippen LogP contribution in [0.25, 0.3) is 11.0 Å². The van der Waals surface area contributed by atoms with Crippen LogP contribution in [0.15, 0.2) is 57.4 Å². The molecule has 0 spiro atoms. The molecule has 33 heavy (non-hydrogen) atoms. The first-order valence-electron chi connectivity index (χ1n) is 10.7. The lowest BCUT2D eigenvalue weighted by Gasteiger charge is -2.26. The Balaban J connectivity index is 1.12. The number of ether oxygens (including phenoxy) is 1. The van der Waals surface area contributed by atoms with Gasteiger partial charge in [0.15, 0.2) is 12.4 Å². The number of hydrogen-bond acceptors (Lipinski definition) is 6. The molecule has 7 nitrogen and oxygen atoms in total. The number of carbonyl (C=O) groups excluding carboxylic acids is 1.